The van der Waals surface area contributed by atoms with Crippen LogP contribution in [0.1, 0.15) is 5.56 Å². The molecule has 0 saturated carbocycles. The molecule has 1 aromatic rings. The second-order valence-corrected chi connectivity index (χ2v) is 4.55. The van der Waals surface area contributed by atoms with E-state index in [1.54, 1.807) is 0 Å². The number of nitrogens with zero attached hydrogens (tertiary/aromatic N) is 1. The van der Waals surface area contributed by atoms with Gasteiger partial charge in [-0.3, -0.25) is 9.18 Å². The van der Waals surface area contributed by atoms with Gasteiger partial charge in [-0.25, -0.2) is 4.79 Å². The number of alkyl halides is 1. The highest BCUT2D eigenvalue weighted by atomic mass is 19.1. The lowest BCUT2D eigenvalue weighted by molar-refractivity contribution is -0.129. The van der Waals surface area contributed by atoms with Crippen molar-refractivity contribution in [2.45, 2.75) is 12.6 Å². The highest BCUT2D eigenvalue weighted by molar-refractivity contribution is 5.87. The number of amides is 2. The SMILES string of the molecule is O=C(O)NC1C(=O)N(Cc2ccccc2)CC1CF. The Labute approximate surface area is 110 Å². The van der Waals surface area contributed by atoms with E-state index in [0.717, 1.165) is 5.56 Å². The lowest BCUT2D eigenvalue weighted by atomic mass is 10.1. The summed E-state index contributed by atoms with van der Waals surface area (Å²) in [5.41, 5.74) is 0.935. The van der Waals surface area contributed by atoms with Crippen LogP contribution in [0.3, 0.4) is 0 Å². The van der Waals surface area contributed by atoms with Gasteiger partial charge in [0.15, 0.2) is 0 Å². The van der Waals surface area contributed by atoms with E-state index in [-0.39, 0.29) is 12.5 Å². The van der Waals surface area contributed by atoms with E-state index >= 15 is 0 Å². The van der Waals surface area contributed by atoms with Crippen molar-refractivity contribution >= 4 is 12.0 Å². The van der Waals surface area contributed by atoms with Crippen molar-refractivity contribution in [3.05, 3.63) is 35.9 Å². The third-order valence-corrected chi connectivity index (χ3v) is 3.20. The number of rotatable bonds is 4. The van der Waals surface area contributed by atoms with Gasteiger partial charge in [-0.1, -0.05) is 30.3 Å². The van der Waals surface area contributed by atoms with Crippen LogP contribution >= 0.6 is 0 Å². The summed E-state index contributed by atoms with van der Waals surface area (Å²) in [4.78, 5) is 24.2. The molecule has 0 spiro atoms. The predicted molar refractivity (Wildman–Crippen MR) is 66.3 cm³/mol. The van der Waals surface area contributed by atoms with Crippen molar-refractivity contribution in [1.29, 1.82) is 0 Å². The molecule has 2 atom stereocenters. The fourth-order valence-corrected chi connectivity index (χ4v) is 2.27. The topological polar surface area (TPSA) is 69.6 Å². The molecule has 1 saturated heterocycles. The molecule has 19 heavy (non-hydrogen) atoms. The first-order valence-corrected chi connectivity index (χ1v) is 6.00. The summed E-state index contributed by atoms with van der Waals surface area (Å²) < 4.78 is 12.9. The second-order valence-electron chi connectivity index (χ2n) is 4.55. The summed E-state index contributed by atoms with van der Waals surface area (Å²) in [5, 5.41) is 10.8. The fourth-order valence-electron chi connectivity index (χ4n) is 2.27. The average Bonchev–Trinajstić information content (AvgIpc) is 2.68. The largest absolute Gasteiger partial charge is 0.465 e. The third kappa shape index (κ3) is 3.01. The van der Waals surface area contributed by atoms with Crippen LogP contribution < -0.4 is 5.32 Å². The van der Waals surface area contributed by atoms with E-state index in [4.69, 9.17) is 5.11 Å². The van der Waals surface area contributed by atoms with Crippen LogP contribution in [0, 0.1) is 5.92 Å². The fraction of sp³-hybridized carbons (Fsp3) is 0.385. The van der Waals surface area contributed by atoms with Crippen molar-refractivity contribution < 1.29 is 19.1 Å². The zero-order chi connectivity index (χ0) is 13.8. The smallest absolute Gasteiger partial charge is 0.405 e. The molecule has 6 heteroatoms. The van der Waals surface area contributed by atoms with Crippen LogP contribution in [-0.4, -0.2) is 41.3 Å². The summed E-state index contributed by atoms with van der Waals surface area (Å²) in [6.45, 7) is -0.120. The van der Waals surface area contributed by atoms with Gasteiger partial charge >= 0.3 is 6.09 Å². The lowest BCUT2D eigenvalue weighted by Gasteiger charge is -2.16. The zero-order valence-electron chi connectivity index (χ0n) is 10.3. The summed E-state index contributed by atoms with van der Waals surface area (Å²) in [5.74, 6) is -0.985. The highest BCUT2D eigenvalue weighted by Crippen LogP contribution is 2.21. The number of hydrogen-bond acceptors (Lipinski definition) is 2. The van der Waals surface area contributed by atoms with E-state index in [1.165, 1.54) is 4.90 Å². The van der Waals surface area contributed by atoms with Crippen molar-refractivity contribution in [3.63, 3.8) is 0 Å². The van der Waals surface area contributed by atoms with Crippen LogP contribution in [-0.2, 0) is 11.3 Å². The number of carboxylic acid groups (broad SMARTS) is 1. The minimum atomic E-state index is -1.31. The minimum Gasteiger partial charge on any atom is -0.465 e. The molecular formula is C13H15FN2O3. The average molecular weight is 266 g/mol. The van der Waals surface area contributed by atoms with Crippen LogP contribution in [0.4, 0.5) is 9.18 Å². The van der Waals surface area contributed by atoms with Crippen LogP contribution in [0.15, 0.2) is 30.3 Å². The quantitative estimate of drug-likeness (QED) is 0.861. The standard InChI is InChI=1S/C13H15FN2O3/c14-6-10-8-16(7-9-4-2-1-3-5-9)12(17)11(10)15-13(18)19/h1-5,10-11,15H,6-8H2,(H,18,19). The molecule has 1 heterocycles. The Bertz CT molecular complexity index is 466. The molecule has 1 aromatic carbocycles. The molecule has 5 nitrogen and oxygen atoms in total. The molecule has 2 rings (SSSR count). The van der Waals surface area contributed by atoms with Gasteiger partial charge in [0.05, 0.1) is 6.67 Å². The highest BCUT2D eigenvalue weighted by Gasteiger charge is 2.41. The molecule has 2 unspecified atom stereocenters. The maximum Gasteiger partial charge on any atom is 0.405 e. The number of likely N-dealkylation sites (tertiary alicyclic amines) is 1. The Morgan fingerprint density at radius 1 is 1.42 bits per heavy atom. The number of carbonyl (C=O) groups excluding carboxylic acids is 1. The molecule has 0 aromatic heterocycles. The number of halogens is 1. The Balaban J connectivity index is 2.07. The molecule has 2 amide bonds. The predicted octanol–water partition coefficient (Wildman–Crippen LogP) is 1.25. The summed E-state index contributed by atoms with van der Waals surface area (Å²) in [6, 6.07) is 8.34. The molecule has 1 fully saturated rings. The van der Waals surface area contributed by atoms with Gasteiger partial charge in [0.25, 0.3) is 0 Å². The summed E-state index contributed by atoms with van der Waals surface area (Å²) in [6.07, 6.45) is -1.31. The maximum absolute atomic E-state index is 12.9. The zero-order valence-corrected chi connectivity index (χ0v) is 10.3. The van der Waals surface area contributed by atoms with Gasteiger partial charge < -0.3 is 15.3 Å². The van der Waals surface area contributed by atoms with E-state index in [2.05, 4.69) is 5.32 Å². The Kier molecular flexibility index (Phi) is 3.99. The van der Waals surface area contributed by atoms with Gasteiger partial charge in [0.1, 0.15) is 6.04 Å². The summed E-state index contributed by atoms with van der Waals surface area (Å²) in [7, 11) is 0. The summed E-state index contributed by atoms with van der Waals surface area (Å²) >= 11 is 0. The first-order valence-electron chi connectivity index (χ1n) is 6.00. The van der Waals surface area contributed by atoms with Crippen molar-refractivity contribution in [3.8, 4) is 0 Å². The normalized spacial score (nSPS) is 22.6. The first-order chi connectivity index (χ1) is 9.11. The van der Waals surface area contributed by atoms with E-state index in [1.807, 2.05) is 30.3 Å². The molecule has 0 bridgehead atoms. The third-order valence-electron chi connectivity index (χ3n) is 3.20. The van der Waals surface area contributed by atoms with Gasteiger partial charge in [0, 0.05) is 19.0 Å². The second kappa shape index (κ2) is 5.69. The van der Waals surface area contributed by atoms with Crippen LogP contribution in [0.2, 0.25) is 0 Å². The Morgan fingerprint density at radius 2 is 2.11 bits per heavy atom. The number of hydrogen-bond donors (Lipinski definition) is 2. The molecule has 0 aliphatic carbocycles. The Morgan fingerprint density at radius 3 is 2.68 bits per heavy atom. The molecule has 102 valence electrons. The van der Waals surface area contributed by atoms with Gasteiger partial charge in [-0.05, 0) is 5.56 Å². The molecule has 0 radical (unpaired) electrons. The van der Waals surface area contributed by atoms with Gasteiger partial charge in [-0.2, -0.15) is 0 Å². The monoisotopic (exact) mass is 266 g/mol. The number of carbonyl (C=O) groups is 2. The minimum absolute atomic E-state index is 0.231. The number of nitrogens with one attached hydrogen (secondary N) is 1. The maximum atomic E-state index is 12.9. The lowest BCUT2D eigenvalue weighted by Crippen LogP contribution is -2.43. The van der Waals surface area contributed by atoms with Gasteiger partial charge in [0.2, 0.25) is 5.91 Å². The number of benzene rings is 1. The molecular weight excluding hydrogens is 251 g/mol. The van der Waals surface area contributed by atoms with Crippen molar-refractivity contribution in [1.82, 2.24) is 10.2 Å². The van der Waals surface area contributed by atoms with E-state index in [9.17, 15) is 14.0 Å². The van der Waals surface area contributed by atoms with Crippen LogP contribution in [0.5, 0.6) is 0 Å². The van der Waals surface area contributed by atoms with Crippen LogP contribution in [0.25, 0.3) is 0 Å². The van der Waals surface area contributed by atoms with Crippen molar-refractivity contribution in [2.24, 2.45) is 5.92 Å². The Hall–Kier alpha value is -2.11. The molecule has 1 aliphatic rings. The van der Waals surface area contributed by atoms with E-state index in [0.29, 0.717) is 6.54 Å². The first kappa shape index (κ1) is 13.3. The molecule has 2 N–H and O–H groups in total. The van der Waals surface area contributed by atoms with Crippen molar-refractivity contribution in [2.75, 3.05) is 13.2 Å². The van der Waals surface area contributed by atoms with E-state index < -0.39 is 24.7 Å². The van der Waals surface area contributed by atoms with Gasteiger partial charge in [-0.15, -0.1) is 0 Å². The molecule has 1 aliphatic heterocycles.